The second-order valence-electron chi connectivity index (χ2n) is 4.48. The zero-order chi connectivity index (χ0) is 11.4. The number of anilines is 1. The fraction of sp³-hybridized carbons (Fsp3) is 0.538. The van der Waals surface area contributed by atoms with Gasteiger partial charge in [-0.2, -0.15) is 0 Å². The Kier molecular flexibility index (Phi) is 4.24. The van der Waals surface area contributed by atoms with Crippen LogP contribution >= 0.6 is 15.9 Å². The summed E-state index contributed by atoms with van der Waals surface area (Å²) in [6.07, 6.45) is 3.76. The molecular weight excluding hydrogens is 264 g/mol. The Morgan fingerprint density at radius 2 is 1.81 bits per heavy atom. The zero-order valence-corrected chi connectivity index (χ0v) is 11.1. The third-order valence-electron chi connectivity index (χ3n) is 3.38. The van der Waals surface area contributed by atoms with Crippen molar-refractivity contribution in [1.29, 1.82) is 0 Å². The van der Waals surface area contributed by atoms with Crippen molar-refractivity contribution in [2.45, 2.75) is 19.3 Å². The van der Waals surface area contributed by atoms with E-state index < -0.39 is 0 Å². The predicted molar refractivity (Wildman–Crippen MR) is 72.8 cm³/mol. The fourth-order valence-electron chi connectivity index (χ4n) is 2.37. The van der Waals surface area contributed by atoms with Crippen molar-refractivity contribution in [3.05, 3.63) is 28.7 Å². The van der Waals surface area contributed by atoms with E-state index in [0.717, 1.165) is 16.9 Å². The van der Waals surface area contributed by atoms with Crippen LogP contribution < -0.4 is 10.6 Å². The van der Waals surface area contributed by atoms with Gasteiger partial charge in [0.05, 0.1) is 0 Å². The number of hydrogen-bond acceptors (Lipinski definition) is 2. The summed E-state index contributed by atoms with van der Waals surface area (Å²) in [7, 11) is 0. The van der Waals surface area contributed by atoms with Crippen LogP contribution in [0.5, 0.6) is 0 Å². The van der Waals surface area contributed by atoms with Crippen LogP contribution in [0.3, 0.4) is 0 Å². The van der Waals surface area contributed by atoms with E-state index in [1.54, 1.807) is 0 Å². The molecule has 2 rings (SSSR count). The average molecular weight is 283 g/mol. The van der Waals surface area contributed by atoms with Crippen molar-refractivity contribution >= 4 is 21.6 Å². The highest BCUT2D eigenvalue weighted by Crippen LogP contribution is 2.25. The highest BCUT2D eigenvalue weighted by atomic mass is 79.9. The monoisotopic (exact) mass is 282 g/mol. The van der Waals surface area contributed by atoms with Gasteiger partial charge in [0.15, 0.2) is 0 Å². The van der Waals surface area contributed by atoms with Crippen LogP contribution in [0.4, 0.5) is 5.69 Å². The molecule has 1 aromatic rings. The molecule has 0 unspecified atom stereocenters. The van der Waals surface area contributed by atoms with Gasteiger partial charge in [-0.3, -0.25) is 0 Å². The Hall–Kier alpha value is -0.540. The molecule has 2 nitrogen and oxygen atoms in total. The van der Waals surface area contributed by atoms with Gasteiger partial charge in [-0.15, -0.1) is 0 Å². The normalized spacial score (nSPS) is 17.8. The van der Waals surface area contributed by atoms with E-state index in [2.05, 4.69) is 45.1 Å². The summed E-state index contributed by atoms with van der Waals surface area (Å²) in [5.41, 5.74) is 6.94. The summed E-state index contributed by atoms with van der Waals surface area (Å²) < 4.78 is 1.15. The lowest BCUT2D eigenvalue weighted by Gasteiger charge is -2.33. The quantitative estimate of drug-likeness (QED) is 0.924. The average Bonchev–Trinajstić information content (AvgIpc) is 2.32. The summed E-state index contributed by atoms with van der Waals surface area (Å²) in [6, 6.07) is 8.60. The number of hydrogen-bond donors (Lipinski definition) is 1. The predicted octanol–water partition coefficient (Wildman–Crippen LogP) is 3.01. The number of nitrogens with two attached hydrogens (primary N) is 1. The minimum absolute atomic E-state index is 0.836. The summed E-state index contributed by atoms with van der Waals surface area (Å²) in [5, 5.41) is 0. The van der Waals surface area contributed by atoms with Crippen LogP contribution in [0, 0.1) is 5.92 Å². The molecule has 0 aliphatic carbocycles. The van der Waals surface area contributed by atoms with Crippen molar-refractivity contribution in [1.82, 2.24) is 0 Å². The van der Waals surface area contributed by atoms with Crippen molar-refractivity contribution in [2.75, 3.05) is 24.5 Å². The fourth-order valence-corrected chi connectivity index (χ4v) is 2.63. The maximum absolute atomic E-state index is 5.60. The number of rotatable bonds is 3. The van der Waals surface area contributed by atoms with Gasteiger partial charge in [-0.1, -0.05) is 15.9 Å². The Labute approximate surface area is 106 Å². The SMILES string of the molecule is NCCC1CCN(c2ccc(Br)cc2)CC1. The lowest BCUT2D eigenvalue weighted by atomic mass is 9.93. The molecule has 88 valence electrons. The second kappa shape index (κ2) is 5.69. The van der Waals surface area contributed by atoms with Gasteiger partial charge >= 0.3 is 0 Å². The van der Waals surface area contributed by atoms with Crippen molar-refractivity contribution in [3.63, 3.8) is 0 Å². The molecule has 0 aromatic heterocycles. The highest BCUT2D eigenvalue weighted by molar-refractivity contribution is 9.10. The smallest absolute Gasteiger partial charge is 0.0366 e. The van der Waals surface area contributed by atoms with Gasteiger partial charge < -0.3 is 10.6 Å². The van der Waals surface area contributed by atoms with Gasteiger partial charge in [0, 0.05) is 23.2 Å². The molecule has 3 heteroatoms. The van der Waals surface area contributed by atoms with Gasteiger partial charge in [0.1, 0.15) is 0 Å². The number of benzene rings is 1. The first kappa shape index (κ1) is 11.9. The third kappa shape index (κ3) is 2.98. The van der Waals surface area contributed by atoms with E-state index in [9.17, 15) is 0 Å². The van der Waals surface area contributed by atoms with Crippen LogP contribution in [0.2, 0.25) is 0 Å². The van der Waals surface area contributed by atoms with Crippen LogP contribution in [0.15, 0.2) is 28.7 Å². The minimum Gasteiger partial charge on any atom is -0.372 e. The molecule has 1 aliphatic rings. The summed E-state index contributed by atoms with van der Waals surface area (Å²) >= 11 is 3.47. The molecule has 1 heterocycles. The first-order valence-electron chi connectivity index (χ1n) is 6.00. The summed E-state index contributed by atoms with van der Waals surface area (Å²) in [6.45, 7) is 3.18. The maximum Gasteiger partial charge on any atom is 0.0366 e. The first-order chi connectivity index (χ1) is 7.79. The molecular formula is C13H19BrN2. The molecule has 1 aromatic carbocycles. The van der Waals surface area contributed by atoms with Crippen molar-refractivity contribution in [3.8, 4) is 0 Å². The molecule has 1 saturated heterocycles. The topological polar surface area (TPSA) is 29.3 Å². The standard InChI is InChI=1S/C13H19BrN2/c14-12-1-3-13(4-2-12)16-9-6-11(5-8-15)7-10-16/h1-4,11H,5-10,15H2. The Balaban J connectivity index is 1.91. The molecule has 2 N–H and O–H groups in total. The molecule has 0 amide bonds. The number of halogens is 1. The van der Waals surface area contributed by atoms with Crippen LogP contribution in [-0.4, -0.2) is 19.6 Å². The van der Waals surface area contributed by atoms with E-state index in [0.29, 0.717) is 0 Å². The van der Waals surface area contributed by atoms with Gasteiger partial charge in [0.2, 0.25) is 0 Å². The van der Waals surface area contributed by atoms with Crippen molar-refractivity contribution in [2.24, 2.45) is 11.7 Å². The Bertz CT molecular complexity index is 315. The lowest BCUT2D eigenvalue weighted by molar-refractivity contribution is 0.386. The second-order valence-corrected chi connectivity index (χ2v) is 5.40. The third-order valence-corrected chi connectivity index (χ3v) is 3.91. The van der Waals surface area contributed by atoms with Gasteiger partial charge in [0.25, 0.3) is 0 Å². The van der Waals surface area contributed by atoms with E-state index in [1.807, 2.05) is 0 Å². The van der Waals surface area contributed by atoms with Gasteiger partial charge in [-0.25, -0.2) is 0 Å². The molecule has 0 bridgehead atoms. The molecule has 1 fully saturated rings. The molecule has 0 saturated carbocycles. The zero-order valence-electron chi connectivity index (χ0n) is 9.53. The summed E-state index contributed by atoms with van der Waals surface area (Å²) in [4.78, 5) is 2.47. The largest absolute Gasteiger partial charge is 0.372 e. The first-order valence-corrected chi connectivity index (χ1v) is 6.79. The number of piperidine rings is 1. The van der Waals surface area contributed by atoms with Gasteiger partial charge in [-0.05, 0) is 56.0 Å². The van der Waals surface area contributed by atoms with E-state index in [1.165, 1.54) is 38.0 Å². The maximum atomic E-state index is 5.60. The van der Waals surface area contributed by atoms with Crippen molar-refractivity contribution < 1.29 is 0 Å². The number of nitrogens with zero attached hydrogens (tertiary/aromatic N) is 1. The molecule has 1 aliphatic heterocycles. The van der Waals surface area contributed by atoms with E-state index in [-0.39, 0.29) is 0 Å². The Morgan fingerprint density at radius 3 is 2.38 bits per heavy atom. The molecule has 0 radical (unpaired) electrons. The van der Waals surface area contributed by atoms with E-state index >= 15 is 0 Å². The molecule has 0 spiro atoms. The summed E-state index contributed by atoms with van der Waals surface area (Å²) in [5.74, 6) is 0.844. The Morgan fingerprint density at radius 1 is 1.19 bits per heavy atom. The molecule has 16 heavy (non-hydrogen) atoms. The van der Waals surface area contributed by atoms with Crippen LogP contribution in [0.1, 0.15) is 19.3 Å². The molecule has 0 atom stereocenters. The van der Waals surface area contributed by atoms with Crippen LogP contribution in [-0.2, 0) is 0 Å². The highest BCUT2D eigenvalue weighted by Gasteiger charge is 2.18. The lowest BCUT2D eigenvalue weighted by Crippen LogP contribution is -2.34. The minimum atomic E-state index is 0.836. The van der Waals surface area contributed by atoms with E-state index in [4.69, 9.17) is 5.73 Å². The van der Waals surface area contributed by atoms with Crippen LogP contribution in [0.25, 0.3) is 0 Å².